The second-order valence-corrected chi connectivity index (χ2v) is 8.43. The standard InChI is InChI=1S/C30H19ClN2O4/c31-24-16-22(29(34)36-25-11-13-27(32-18-25)20-7-3-1-4-8-20)15-23(17-24)30(35)37-26-12-14-28(33-19-26)21-9-5-2-6-10-21/h1-19H. The Bertz CT molecular complexity index is 1420. The Labute approximate surface area is 218 Å². The summed E-state index contributed by atoms with van der Waals surface area (Å²) in [6.45, 7) is 0. The van der Waals surface area contributed by atoms with Crippen LogP contribution in [0, 0.1) is 0 Å². The molecule has 0 amide bonds. The molecule has 0 aliphatic heterocycles. The molecule has 0 spiro atoms. The molecule has 0 radical (unpaired) electrons. The molecule has 7 heteroatoms. The summed E-state index contributed by atoms with van der Waals surface area (Å²) in [5.74, 6) is -0.837. The van der Waals surface area contributed by atoms with Crippen molar-refractivity contribution in [1.29, 1.82) is 0 Å². The van der Waals surface area contributed by atoms with E-state index in [0.717, 1.165) is 22.5 Å². The van der Waals surface area contributed by atoms with Crippen LogP contribution in [0.5, 0.6) is 11.5 Å². The molecule has 5 rings (SSSR count). The van der Waals surface area contributed by atoms with Gasteiger partial charge in [-0.15, -0.1) is 0 Å². The van der Waals surface area contributed by atoms with Crippen molar-refractivity contribution in [2.45, 2.75) is 0 Å². The molecular weight excluding hydrogens is 488 g/mol. The monoisotopic (exact) mass is 506 g/mol. The lowest BCUT2D eigenvalue weighted by atomic mass is 10.1. The third-order valence-electron chi connectivity index (χ3n) is 5.40. The Hall–Kier alpha value is -4.81. The van der Waals surface area contributed by atoms with Crippen LogP contribution in [0.2, 0.25) is 5.02 Å². The molecule has 5 aromatic rings. The van der Waals surface area contributed by atoms with Crippen LogP contribution in [-0.2, 0) is 0 Å². The highest BCUT2D eigenvalue weighted by Crippen LogP contribution is 2.23. The first-order valence-electron chi connectivity index (χ1n) is 11.3. The lowest BCUT2D eigenvalue weighted by Gasteiger charge is -2.09. The molecular formula is C30H19ClN2O4. The van der Waals surface area contributed by atoms with Crippen molar-refractivity contribution in [3.63, 3.8) is 0 Å². The van der Waals surface area contributed by atoms with Crippen molar-refractivity contribution < 1.29 is 19.1 Å². The molecule has 3 aromatic carbocycles. The van der Waals surface area contributed by atoms with Gasteiger partial charge >= 0.3 is 11.9 Å². The molecule has 0 atom stereocenters. The quantitative estimate of drug-likeness (QED) is 0.233. The summed E-state index contributed by atoms with van der Waals surface area (Å²) in [5, 5.41) is 0.191. The molecule has 0 aliphatic carbocycles. The van der Waals surface area contributed by atoms with Gasteiger partial charge in [0.2, 0.25) is 0 Å². The van der Waals surface area contributed by atoms with Gasteiger partial charge in [-0.25, -0.2) is 9.59 Å². The van der Waals surface area contributed by atoms with Gasteiger partial charge in [0.15, 0.2) is 0 Å². The van der Waals surface area contributed by atoms with E-state index < -0.39 is 11.9 Å². The zero-order valence-corrected chi connectivity index (χ0v) is 20.1. The molecule has 180 valence electrons. The molecule has 2 aromatic heterocycles. The van der Waals surface area contributed by atoms with Crippen LogP contribution in [0.15, 0.2) is 116 Å². The van der Waals surface area contributed by atoms with E-state index in [1.54, 1.807) is 24.3 Å². The fourth-order valence-corrected chi connectivity index (χ4v) is 3.83. The number of rotatable bonds is 6. The number of nitrogens with zero attached hydrogens (tertiary/aromatic N) is 2. The SMILES string of the molecule is O=C(Oc1ccc(-c2ccccc2)nc1)c1cc(Cl)cc(C(=O)Oc2ccc(-c3ccccc3)nc2)c1. The van der Waals surface area contributed by atoms with Crippen molar-refractivity contribution in [2.75, 3.05) is 0 Å². The third kappa shape index (κ3) is 5.89. The molecule has 0 unspecified atom stereocenters. The maximum Gasteiger partial charge on any atom is 0.343 e. The predicted octanol–water partition coefficient (Wildman–Crippen LogP) is 6.90. The summed E-state index contributed by atoms with van der Waals surface area (Å²) in [6, 6.07) is 30.3. The lowest BCUT2D eigenvalue weighted by molar-refractivity contribution is 0.0734. The zero-order valence-electron chi connectivity index (χ0n) is 19.4. The Morgan fingerprint density at radius 3 is 1.38 bits per heavy atom. The topological polar surface area (TPSA) is 78.4 Å². The second-order valence-electron chi connectivity index (χ2n) is 8.00. The smallest absolute Gasteiger partial charge is 0.343 e. The van der Waals surface area contributed by atoms with Crippen molar-refractivity contribution >= 4 is 23.5 Å². The van der Waals surface area contributed by atoms with Crippen molar-refractivity contribution in [2.24, 2.45) is 0 Å². The van der Waals surface area contributed by atoms with Crippen LogP contribution >= 0.6 is 11.6 Å². The number of halogens is 1. The highest BCUT2D eigenvalue weighted by atomic mass is 35.5. The van der Waals surface area contributed by atoms with Crippen LogP contribution in [0.25, 0.3) is 22.5 Å². The number of ether oxygens (including phenoxy) is 2. The van der Waals surface area contributed by atoms with E-state index in [1.165, 1.54) is 30.6 Å². The van der Waals surface area contributed by atoms with E-state index in [2.05, 4.69) is 9.97 Å². The molecule has 6 nitrogen and oxygen atoms in total. The van der Waals surface area contributed by atoms with Crippen LogP contribution in [0.1, 0.15) is 20.7 Å². The van der Waals surface area contributed by atoms with Gasteiger partial charge in [-0.05, 0) is 42.5 Å². The predicted molar refractivity (Wildman–Crippen MR) is 141 cm³/mol. The summed E-state index contributed by atoms with van der Waals surface area (Å²) in [7, 11) is 0. The average Bonchev–Trinajstić information content (AvgIpc) is 2.94. The van der Waals surface area contributed by atoms with E-state index in [0.29, 0.717) is 0 Å². The Morgan fingerprint density at radius 1 is 0.568 bits per heavy atom. The maximum atomic E-state index is 12.8. The third-order valence-corrected chi connectivity index (χ3v) is 5.62. The van der Waals surface area contributed by atoms with Gasteiger partial charge in [-0.2, -0.15) is 0 Å². The van der Waals surface area contributed by atoms with Gasteiger partial charge < -0.3 is 9.47 Å². The Kier molecular flexibility index (Phi) is 7.01. The molecule has 0 aliphatic rings. The minimum absolute atomic E-state index is 0.101. The molecule has 37 heavy (non-hydrogen) atoms. The minimum atomic E-state index is -0.681. The number of benzene rings is 3. The summed E-state index contributed by atoms with van der Waals surface area (Å²) in [5.41, 5.74) is 3.60. The number of aromatic nitrogens is 2. The van der Waals surface area contributed by atoms with E-state index in [1.807, 2.05) is 60.7 Å². The largest absolute Gasteiger partial charge is 0.421 e. The molecule has 0 N–H and O–H groups in total. The van der Waals surface area contributed by atoms with Crippen molar-refractivity contribution in [3.8, 4) is 34.0 Å². The first-order chi connectivity index (χ1) is 18.0. The van der Waals surface area contributed by atoms with E-state index in [4.69, 9.17) is 21.1 Å². The number of hydrogen-bond donors (Lipinski definition) is 0. The number of pyridine rings is 2. The molecule has 0 bridgehead atoms. The van der Waals surface area contributed by atoms with Gasteiger partial charge in [0.1, 0.15) is 11.5 Å². The summed E-state index contributed by atoms with van der Waals surface area (Å²) >= 11 is 6.18. The lowest BCUT2D eigenvalue weighted by Crippen LogP contribution is -2.13. The number of hydrogen-bond acceptors (Lipinski definition) is 6. The number of carbonyl (C=O) groups excluding carboxylic acids is 2. The maximum absolute atomic E-state index is 12.8. The van der Waals surface area contributed by atoms with Crippen LogP contribution < -0.4 is 9.47 Å². The fourth-order valence-electron chi connectivity index (χ4n) is 3.60. The van der Waals surface area contributed by atoms with Crippen molar-refractivity contribution in [1.82, 2.24) is 9.97 Å². The van der Waals surface area contributed by atoms with Gasteiger partial charge in [-0.1, -0.05) is 72.3 Å². The van der Waals surface area contributed by atoms with E-state index >= 15 is 0 Å². The number of esters is 2. The first-order valence-corrected chi connectivity index (χ1v) is 11.7. The van der Waals surface area contributed by atoms with Crippen LogP contribution in [0.4, 0.5) is 0 Å². The second kappa shape index (κ2) is 10.8. The highest BCUT2D eigenvalue weighted by Gasteiger charge is 2.17. The first kappa shape index (κ1) is 23.9. The van der Waals surface area contributed by atoms with Crippen molar-refractivity contribution in [3.05, 3.63) is 132 Å². The summed E-state index contributed by atoms with van der Waals surface area (Å²) in [4.78, 5) is 34.2. The summed E-state index contributed by atoms with van der Waals surface area (Å²) < 4.78 is 10.9. The van der Waals surface area contributed by atoms with Gasteiger partial charge in [0.05, 0.1) is 34.9 Å². The highest BCUT2D eigenvalue weighted by molar-refractivity contribution is 6.31. The van der Waals surface area contributed by atoms with Gasteiger partial charge in [0, 0.05) is 16.1 Å². The Balaban J connectivity index is 1.27. The Morgan fingerprint density at radius 2 is 1.00 bits per heavy atom. The van der Waals surface area contributed by atoms with Gasteiger partial charge in [-0.3, -0.25) is 9.97 Å². The minimum Gasteiger partial charge on any atom is -0.421 e. The fraction of sp³-hybridized carbons (Fsp3) is 0. The molecule has 0 fully saturated rings. The zero-order chi connectivity index (χ0) is 25.6. The average molecular weight is 507 g/mol. The normalized spacial score (nSPS) is 10.5. The van der Waals surface area contributed by atoms with E-state index in [-0.39, 0.29) is 27.6 Å². The van der Waals surface area contributed by atoms with Gasteiger partial charge in [0.25, 0.3) is 0 Å². The molecule has 0 saturated heterocycles. The number of carbonyl (C=O) groups is 2. The molecule has 0 saturated carbocycles. The summed E-state index contributed by atoms with van der Waals surface area (Å²) in [6.07, 6.45) is 2.93. The molecule has 2 heterocycles. The van der Waals surface area contributed by atoms with Crippen LogP contribution in [-0.4, -0.2) is 21.9 Å². The van der Waals surface area contributed by atoms with Crippen LogP contribution in [0.3, 0.4) is 0 Å². The van der Waals surface area contributed by atoms with E-state index in [9.17, 15) is 9.59 Å².